The third kappa shape index (κ3) is 4.18. The molecule has 0 radical (unpaired) electrons. The second-order valence-corrected chi connectivity index (χ2v) is 5.66. The van der Waals surface area contributed by atoms with Crippen LogP contribution in [0.4, 0.5) is 15.8 Å². The lowest BCUT2D eigenvalue weighted by molar-refractivity contribution is -0.117. The van der Waals surface area contributed by atoms with E-state index < -0.39 is 23.2 Å². The van der Waals surface area contributed by atoms with Crippen LogP contribution in [0.3, 0.4) is 0 Å². The molecule has 0 spiro atoms. The van der Waals surface area contributed by atoms with Gasteiger partial charge in [-0.15, -0.1) is 0 Å². The molecule has 0 atom stereocenters. The highest BCUT2D eigenvalue weighted by atomic mass is 19.1. The number of rotatable bonds is 6. The highest BCUT2D eigenvalue weighted by Gasteiger charge is 2.14. The summed E-state index contributed by atoms with van der Waals surface area (Å²) in [6.45, 7) is -0.324. The zero-order valence-corrected chi connectivity index (χ0v) is 14.4. The smallest absolute Gasteiger partial charge is 0.257 e. The molecule has 3 rings (SSSR count). The third-order valence-corrected chi connectivity index (χ3v) is 3.68. The molecule has 5 N–H and O–H groups in total. The van der Waals surface area contributed by atoms with Crippen LogP contribution in [-0.4, -0.2) is 33.3 Å². The van der Waals surface area contributed by atoms with Crippen LogP contribution in [0.1, 0.15) is 10.4 Å². The van der Waals surface area contributed by atoms with Crippen LogP contribution in [0, 0.1) is 5.82 Å². The average molecular weight is 382 g/mol. The van der Waals surface area contributed by atoms with Gasteiger partial charge in [0, 0.05) is 24.8 Å². The van der Waals surface area contributed by atoms with Crippen LogP contribution < -0.4 is 21.9 Å². The summed E-state index contributed by atoms with van der Waals surface area (Å²) < 4.78 is 14.0. The van der Waals surface area contributed by atoms with Crippen LogP contribution in [0.15, 0.2) is 53.8 Å². The van der Waals surface area contributed by atoms with Gasteiger partial charge < -0.3 is 21.4 Å². The minimum Gasteiger partial charge on any atom is -0.368 e. The highest BCUT2D eigenvalue weighted by molar-refractivity contribution is 6.01. The van der Waals surface area contributed by atoms with Crippen molar-refractivity contribution < 1.29 is 14.0 Å². The van der Waals surface area contributed by atoms with E-state index in [4.69, 9.17) is 5.73 Å². The minimum atomic E-state index is -0.686. The lowest BCUT2D eigenvalue weighted by Gasteiger charge is -2.12. The predicted octanol–water partition coefficient (Wildman–Crippen LogP) is 0.930. The number of amides is 2. The van der Waals surface area contributed by atoms with Gasteiger partial charge >= 0.3 is 0 Å². The van der Waals surface area contributed by atoms with Crippen molar-refractivity contribution in [1.82, 2.24) is 20.3 Å². The normalized spacial score (nSPS) is 10.3. The predicted molar refractivity (Wildman–Crippen MR) is 99.3 cm³/mol. The van der Waals surface area contributed by atoms with E-state index in [0.29, 0.717) is 11.4 Å². The summed E-state index contributed by atoms with van der Waals surface area (Å²) in [6.07, 6.45) is 5.52. The lowest BCUT2D eigenvalue weighted by atomic mass is 10.1. The molecule has 9 nitrogen and oxygen atoms in total. The fourth-order valence-corrected chi connectivity index (χ4v) is 2.42. The number of nitrogens with one attached hydrogen (secondary N) is 3. The van der Waals surface area contributed by atoms with Gasteiger partial charge in [-0.05, 0) is 24.3 Å². The Bertz CT molecular complexity index is 1100. The number of hydrogen-bond donors (Lipinski definition) is 4. The Morgan fingerprint density at radius 2 is 2.07 bits per heavy atom. The Morgan fingerprint density at radius 3 is 2.82 bits per heavy atom. The number of H-pyrrole nitrogens is 1. The summed E-state index contributed by atoms with van der Waals surface area (Å²) in [4.78, 5) is 45.5. The number of carbonyl (C=O) groups is 2. The van der Waals surface area contributed by atoms with Crippen LogP contribution in [0.5, 0.6) is 0 Å². The Morgan fingerprint density at radius 1 is 1.25 bits per heavy atom. The molecule has 3 heterocycles. The van der Waals surface area contributed by atoms with E-state index in [1.807, 2.05) is 0 Å². The molecule has 28 heavy (non-hydrogen) atoms. The van der Waals surface area contributed by atoms with Crippen LogP contribution in [-0.2, 0) is 4.79 Å². The first-order valence-electron chi connectivity index (χ1n) is 8.07. The summed E-state index contributed by atoms with van der Waals surface area (Å²) in [5.41, 5.74) is 5.33. The quantitative estimate of drug-likeness (QED) is 0.499. The van der Waals surface area contributed by atoms with Gasteiger partial charge in [0.1, 0.15) is 11.5 Å². The molecule has 0 saturated carbocycles. The van der Waals surface area contributed by atoms with Crippen LogP contribution in [0.25, 0.3) is 11.3 Å². The van der Waals surface area contributed by atoms with Crippen molar-refractivity contribution in [1.29, 1.82) is 0 Å². The molecule has 2 amide bonds. The lowest BCUT2D eigenvalue weighted by Crippen LogP contribution is -2.33. The van der Waals surface area contributed by atoms with E-state index in [0.717, 1.165) is 0 Å². The maximum atomic E-state index is 14.0. The summed E-state index contributed by atoms with van der Waals surface area (Å²) in [5.74, 6) is -1.88. The monoisotopic (exact) mass is 382 g/mol. The molecule has 0 aliphatic heterocycles. The molecule has 0 fully saturated rings. The topological polar surface area (TPSA) is 143 Å². The number of pyridine rings is 3. The standard InChI is InChI=1S/C18H15FN6O3/c19-13-2-1-4-22-16(13)11-6-10(7-23-17(11)27)25-14-3-5-21-8-12(14)18(28)24-9-15(20)26/h1-8H,9H2,(H2,20,26)(H,21,25)(H,23,27)(H,24,28). The minimum absolute atomic E-state index is 0.0249. The third-order valence-electron chi connectivity index (χ3n) is 3.68. The van der Waals surface area contributed by atoms with Crippen molar-refractivity contribution in [3.8, 4) is 11.3 Å². The number of hydrogen-bond acceptors (Lipinski definition) is 6. The number of primary amides is 1. The van der Waals surface area contributed by atoms with Crippen LogP contribution >= 0.6 is 0 Å². The molecule has 3 aromatic heterocycles. The number of nitrogens with two attached hydrogens (primary N) is 1. The van der Waals surface area contributed by atoms with Crippen LogP contribution in [0.2, 0.25) is 0 Å². The fraction of sp³-hybridized carbons (Fsp3) is 0.0556. The average Bonchev–Trinajstić information content (AvgIpc) is 2.68. The van der Waals surface area contributed by atoms with E-state index in [-0.39, 0.29) is 23.4 Å². The van der Waals surface area contributed by atoms with Crippen molar-refractivity contribution in [3.63, 3.8) is 0 Å². The van der Waals surface area contributed by atoms with E-state index in [2.05, 4.69) is 25.6 Å². The SMILES string of the molecule is NC(=O)CNC(=O)c1cnccc1Nc1c[nH]c(=O)c(-c2ncccc2F)c1. The van der Waals surface area contributed by atoms with Gasteiger partial charge in [0.15, 0.2) is 0 Å². The molecule has 0 unspecified atom stereocenters. The van der Waals surface area contributed by atoms with Crippen molar-refractivity contribution >= 4 is 23.2 Å². The van der Waals surface area contributed by atoms with E-state index in [1.54, 1.807) is 0 Å². The van der Waals surface area contributed by atoms with E-state index in [9.17, 15) is 18.8 Å². The van der Waals surface area contributed by atoms with Gasteiger partial charge in [0.05, 0.1) is 29.0 Å². The van der Waals surface area contributed by atoms with Crippen molar-refractivity contribution in [2.24, 2.45) is 5.73 Å². The number of aromatic amines is 1. The second-order valence-electron chi connectivity index (χ2n) is 5.66. The molecular weight excluding hydrogens is 367 g/mol. The van der Waals surface area contributed by atoms with Crippen molar-refractivity contribution in [2.75, 3.05) is 11.9 Å². The maximum absolute atomic E-state index is 14.0. The first kappa shape index (κ1) is 18.7. The highest BCUT2D eigenvalue weighted by Crippen LogP contribution is 2.23. The van der Waals surface area contributed by atoms with Crippen molar-refractivity contribution in [3.05, 3.63) is 70.8 Å². The van der Waals surface area contributed by atoms with Gasteiger partial charge in [0.2, 0.25) is 5.91 Å². The number of nitrogens with zero attached hydrogens (tertiary/aromatic N) is 2. The summed E-state index contributed by atoms with van der Waals surface area (Å²) in [6, 6.07) is 5.57. The molecule has 142 valence electrons. The molecule has 0 saturated heterocycles. The maximum Gasteiger partial charge on any atom is 0.257 e. The zero-order valence-electron chi connectivity index (χ0n) is 14.4. The van der Waals surface area contributed by atoms with E-state index >= 15 is 0 Å². The summed E-state index contributed by atoms with van der Waals surface area (Å²) in [5, 5.41) is 5.33. The summed E-state index contributed by atoms with van der Waals surface area (Å²) in [7, 11) is 0. The molecule has 0 aliphatic rings. The Balaban J connectivity index is 1.92. The van der Waals surface area contributed by atoms with Gasteiger partial charge in [0.25, 0.3) is 11.5 Å². The number of aromatic nitrogens is 3. The van der Waals surface area contributed by atoms with Gasteiger partial charge in [-0.2, -0.15) is 0 Å². The van der Waals surface area contributed by atoms with Crippen molar-refractivity contribution in [2.45, 2.75) is 0 Å². The van der Waals surface area contributed by atoms with E-state index in [1.165, 1.54) is 49.1 Å². The number of anilines is 2. The molecular formula is C18H15FN6O3. The first-order valence-corrected chi connectivity index (χ1v) is 8.07. The molecule has 0 aliphatic carbocycles. The van der Waals surface area contributed by atoms with Gasteiger partial charge in [-0.25, -0.2) is 4.39 Å². The van der Waals surface area contributed by atoms with Gasteiger partial charge in [-0.3, -0.25) is 24.4 Å². The first-order chi connectivity index (χ1) is 13.5. The molecule has 0 bridgehead atoms. The largest absolute Gasteiger partial charge is 0.368 e. The fourth-order valence-electron chi connectivity index (χ4n) is 2.42. The number of carbonyl (C=O) groups excluding carboxylic acids is 2. The molecule has 3 aromatic rings. The zero-order chi connectivity index (χ0) is 20.1. The second kappa shape index (κ2) is 8.08. The van der Waals surface area contributed by atoms with Gasteiger partial charge in [-0.1, -0.05) is 0 Å². The number of halogens is 1. The Kier molecular flexibility index (Phi) is 5.40. The Hall–Kier alpha value is -4.08. The molecule has 10 heteroatoms. The summed E-state index contributed by atoms with van der Waals surface area (Å²) >= 11 is 0. The molecule has 0 aromatic carbocycles. The Labute approximate surface area is 157 Å².